The van der Waals surface area contributed by atoms with Crippen molar-refractivity contribution in [1.29, 1.82) is 0 Å². The highest BCUT2D eigenvalue weighted by Crippen LogP contribution is 2.18. The Bertz CT molecular complexity index is 313. The summed E-state index contributed by atoms with van der Waals surface area (Å²) in [6.07, 6.45) is 11.6. The number of nitrogens with zero attached hydrogens (tertiary/aromatic N) is 1. The Balaban J connectivity index is 2.95. The van der Waals surface area contributed by atoms with Crippen molar-refractivity contribution in [2.45, 2.75) is 13.3 Å². The summed E-state index contributed by atoms with van der Waals surface area (Å²) < 4.78 is 4.37. The van der Waals surface area contributed by atoms with Crippen LogP contribution in [0.3, 0.4) is 0 Å². The molecule has 0 aliphatic heterocycles. The maximum absolute atomic E-state index is 4.37. The quantitative estimate of drug-likeness (QED) is 0.560. The molecule has 0 atom stereocenters. The molecule has 3 heteroatoms. The molecule has 1 nitrogen and oxygen atoms in total. The van der Waals surface area contributed by atoms with Gasteiger partial charge in [0.05, 0.1) is 5.71 Å². The molecule has 0 radical (unpaired) electrons. The van der Waals surface area contributed by atoms with Gasteiger partial charge in [0.25, 0.3) is 0 Å². The minimum atomic E-state index is 0.900. The normalized spacial score (nSPS) is 21.8. The third-order valence-electron chi connectivity index (χ3n) is 1.86. The van der Waals surface area contributed by atoms with Crippen molar-refractivity contribution in [1.82, 2.24) is 0 Å². The molecule has 0 aromatic rings. The zero-order chi connectivity index (χ0) is 10.4. The van der Waals surface area contributed by atoms with E-state index in [-0.39, 0.29) is 0 Å². The van der Waals surface area contributed by atoms with Crippen molar-refractivity contribution >= 4 is 33.6 Å². The molecule has 0 aromatic heterocycles. The fraction of sp³-hybridized carbons (Fsp3) is 0.364. The highest BCUT2D eigenvalue weighted by molar-refractivity contribution is 9.09. The van der Waals surface area contributed by atoms with Crippen LogP contribution in [0.4, 0.5) is 0 Å². The van der Waals surface area contributed by atoms with E-state index in [9.17, 15) is 0 Å². The average molecular weight is 272 g/mol. The van der Waals surface area contributed by atoms with Crippen LogP contribution in [-0.2, 0) is 0 Å². The topological polar surface area (TPSA) is 12.4 Å². The van der Waals surface area contributed by atoms with Gasteiger partial charge in [-0.3, -0.25) is 0 Å². The summed E-state index contributed by atoms with van der Waals surface area (Å²) in [6.45, 7) is 2.14. The average Bonchev–Trinajstić information content (AvgIpc) is 2.21. The van der Waals surface area contributed by atoms with E-state index >= 15 is 0 Å². The standard InChI is InChI=1S/C11H14BrNS/c1-3-4-10-7-9(8-12)5-6-11(10)13-14-2/h4-7H,3,8H2,1-2H3/b10-4+,13-11-. The predicted octanol–water partition coefficient (Wildman–Crippen LogP) is 3.93. The lowest BCUT2D eigenvalue weighted by Gasteiger charge is -2.09. The predicted molar refractivity (Wildman–Crippen MR) is 70.3 cm³/mol. The van der Waals surface area contributed by atoms with E-state index in [0.29, 0.717) is 0 Å². The first-order chi connectivity index (χ1) is 6.81. The number of halogens is 1. The molecule has 0 unspecified atom stereocenters. The van der Waals surface area contributed by atoms with Gasteiger partial charge in [-0.05, 0) is 41.7 Å². The molecule has 0 amide bonds. The molecule has 1 aliphatic rings. The third kappa shape index (κ3) is 3.14. The number of hydrogen-bond acceptors (Lipinski definition) is 2. The number of allylic oxidation sites excluding steroid dienone is 6. The first kappa shape index (κ1) is 11.8. The maximum Gasteiger partial charge on any atom is 0.0782 e. The van der Waals surface area contributed by atoms with Crippen LogP contribution in [0.2, 0.25) is 0 Å². The van der Waals surface area contributed by atoms with Crippen molar-refractivity contribution in [3.63, 3.8) is 0 Å². The van der Waals surface area contributed by atoms with Crippen molar-refractivity contribution in [2.24, 2.45) is 4.40 Å². The molecule has 76 valence electrons. The van der Waals surface area contributed by atoms with Gasteiger partial charge in [-0.1, -0.05) is 35.0 Å². The van der Waals surface area contributed by atoms with E-state index < -0.39 is 0 Å². The van der Waals surface area contributed by atoms with Gasteiger partial charge >= 0.3 is 0 Å². The monoisotopic (exact) mass is 271 g/mol. The second kappa shape index (κ2) is 6.25. The SMILES string of the molecule is CC/C=C1\C=C(CBr)C=C\C1=N\SC. The molecular formula is C11H14BrNS. The second-order valence-corrected chi connectivity index (χ2v) is 4.02. The van der Waals surface area contributed by atoms with Crippen LogP contribution >= 0.6 is 27.9 Å². The maximum atomic E-state index is 4.37. The van der Waals surface area contributed by atoms with Crippen LogP contribution in [0.25, 0.3) is 0 Å². The van der Waals surface area contributed by atoms with Crippen LogP contribution < -0.4 is 0 Å². The Hall–Kier alpha value is -0.280. The van der Waals surface area contributed by atoms with Crippen molar-refractivity contribution in [2.75, 3.05) is 11.6 Å². The number of alkyl halides is 1. The molecule has 1 rings (SSSR count). The Labute approximate surface area is 98.3 Å². The van der Waals surface area contributed by atoms with E-state index in [0.717, 1.165) is 17.5 Å². The van der Waals surface area contributed by atoms with Crippen molar-refractivity contribution in [3.05, 3.63) is 35.5 Å². The van der Waals surface area contributed by atoms with Crippen LogP contribution in [0.1, 0.15) is 13.3 Å². The van der Waals surface area contributed by atoms with Gasteiger partial charge in [-0.25, -0.2) is 4.40 Å². The molecule has 0 heterocycles. The zero-order valence-corrected chi connectivity index (χ0v) is 10.9. The summed E-state index contributed by atoms with van der Waals surface area (Å²) in [5.41, 5.74) is 3.60. The third-order valence-corrected chi connectivity index (χ3v) is 2.89. The smallest absolute Gasteiger partial charge is 0.0782 e. The highest BCUT2D eigenvalue weighted by atomic mass is 79.9. The van der Waals surface area contributed by atoms with Crippen LogP contribution in [0.5, 0.6) is 0 Å². The van der Waals surface area contributed by atoms with E-state index in [2.05, 4.69) is 51.6 Å². The summed E-state index contributed by atoms with van der Waals surface area (Å²) in [7, 11) is 0. The summed E-state index contributed by atoms with van der Waals surface area (Å²) in [5.74, 6) is 0. The van der Waals surface area contributed by atoms with Gasteiger partial charge in [-0.2, -0.15) is 0 Å². The van der Waals surface area contributed by atoms with E-state index in [1.165, 1.54) is 23.1 Å². The van der Waals surface area contributed by atoms with Crippen LogP contribution in [-0.4, -0.2) is 17.3 Å². The minimum Gasteiger partial charge on any atom is -0.216 e. The molecule has 14 heavy (non-hydrogen) atoms. The Morgan fingerprint density at radius 2 is 2.29 bits per heavy atom. The van der Waals surface area contributed by atoms with Gasteiger partial charge in [0.1, 0.15) is 0 Å². The lowest BCUT2D eigenvalue weighted by atomic mass is 10.0. The van der Waals surface area contributed by atoms with E-state index in [1.54, 1.807) is 0 Å². The van der Waals surface area contributed by atoms with Crippen molar-refractivity contribution < 1.29 is 0 Å². The molecule has 0 saturated carbocycles. The van der Waals surface area contributed by atoms with E-state index in [4.69, 9.17) is 0 Å². The van der Waals surface area contributed by atoms with Crippen LogP contribution in [0.15, 0.2) is 39.8 Å². The largest absolute Gasteiger partial charge is 0.216 e. The molecule has 0 saturated heterocycles. The second-order valence-electron chi connectivity index (χ2n) is 2.91. The molecule has 0 spiro atoms. The lowest BCUT2D eigenvalue weighted by molar-refractivity contribution is 1.21. The van der Waals surface area contributed by atoms with Gasteiger partial charge in [0.15, 0.2) is 0 Å². The van der Waals surface area contributed by atoms with Crippen molar-refractivity contribution in [3.8, 4) is 0 Å². The number of hydrogen-bond donors (Lipinski definition) is 0. The first-order valence-electron chi connectivity index (χ1n) is 4.58. The molecular weight excluding hydrogens is 258 g/mol. The minimum absolute atomic E-state index is 0.900. The van der Waals surface area contributed by atoms with Gasteiger partial charge in [0.2, 0.25) is 0 Å². The first-order valence-corrected chi connectivity index (χ1v) is 6.88. The fourth-order valence-corrected chi connectivity index (χ4v) is 1.96. The van der Waals surface area contributed by atoms with Gasteiger partial charge in [-0.15, -0.1) is 0 Å². The van der Waals surface area contributed by atoms with E-state index in [1.807, 2.05) is 6.26 Å². The van der Waals surface area contributed by atoms with Gasteiger partial charge < -0.3 is 0 Å². The molecule has 0 bridgehead atoms. The summed E-state index contributed by atoms with van der Waals surface area (Å²) in [4.78, 5) is 0. The summed E-state index contributed by atoms with van der Waals surface area (Å²) in [5, 5.41) is 0.900. The summed E-state index contributed by atoms with van der Waals surface area (Å²) in [6, 6.07) is 0. The highest BCUT2D eigenvalue weighted by Gasteiger charge is 2.06. The fourth-order valence-electron chi connectivity index (χ4n) is 1.25. The molecule has 0 aromatic carbocycles. The Morgan fingerprint density at radius 1 is 1.50 bits per heavy atom. The van der Waals surface area contributed by atoms with Gasteiger partial charge in [0, 0.05) is 11.6 Å². The molecule has 0 N–H and O–H groups in total. The molecule has 1 aliphatic carbocycles. The number of rotatable bonds is 3. The summed E-state index contributed by atoms with van der Waals surface area (Å²) >= 11 is 4.96. The molecule has 0 fully saturated rings. The lowest BCUT2D eigenvalue weighted by Crippen LogP contribution is -2.02. The van der Waals surface area contributed by atoms with Crippen LogP contribution in [0, 0.1) is 0 Å². The zero-order valence-electron chi connectivity index (χ0n) is 8.46. The Morgan fingerprint density at radius 3 is 2.86 bits per heavy atom. The Kier molecular flexibility index (Phi) is 5.26.